The minimum absolute atomic E-state index is 0.291. The predicted octanol–water partition coefficient (Wildman–Crippen LogP) is 9.90. The molecule has 0 bridgehead atoms. The maximum absolute atomic E-state index is 13.2. The average Bonchev–Trinajstić information content (AvgIpc) is 2.88. The Hall–Kier alpha value is -1.62. The van der Waals surface area contributed by atoms with Crippen molar-refractivity contribution in [2.75, 3.05) is 0 Å². The van der Waals surface area contributed by atoms with Gasteiger partial charge in [-0.1, -0.05) is 82.6 Å². The SMILES string of the molecule is CCCCCCCc1ccc(CCCCC2CCC(C3CCC(C=C(F)C#N)CC3)CC2)cc1. The van der Waals surface area contributed by atoms with Gasteiger partial charge in [0.1, 0.15) is 6.07 Å². The van der Waals surface area contributed by atoms with Crippen molar-refractivity contribution < 1.29 is 4.39 Å². The van der Waals surface area contributed by atoms with Crippen molar-refractivity contribution in [1.29, 1.82) is 5.26 Å². The fourth-order valence-electron chi connectivity index (χ4n) is 6.54. The number of hydrogen-bond donors (Lipinski definition) is 0. The van der Waals surface area contributed by atoms with Crippen LogP contribution in [0.1, 0.15) is 121 Å². The molecule has 2 saturated carbocycles. The van der Waals surface area contributed by atoms with Gasteiger partial charge in [0.2, 0.25) is 0 Å². The van der Waals surface area contributed by atoms with Crippen molar-refractivity contribution in [3.05, 3.63) is 47.3 Å². The number of nitriles is 1. The van der Waals surface area contributed by atoms with Crippen LogP contribution in [0, 0.1) is 35.0 Å². The summed E-state index contributed by atoms with van der Waals surface area (Å²) in [4.78, 5) is 0. The molecule has 0 N–H and O–H groups in total. The molecule has 1 aromatic carbocycles. The molecule has 3 rings (SSSR count). The number of aryl methyl sites for hydroxylation is 2. The highest BCUT2D eigenvalue weighted by Crippen LogP contribution is 2.42. The fraction of sp³-hybridized carbons (Fsp3) is 0.719. The lowest BCUT2D eigenvalue weighted by Crippen LogP contribution is -2.25. The van der Waals surface area contributed by atoms with Gasteiger partial charge in [0.05, 0.1) is 0 Å². The maximum atomic E-state index is 13.2. The van der Waals surface area contributed by atoms with Gasteiger partial charge in [0.15, 0.2) is 5.83 Å². The first-order valence-electron chi connectivity index (χ1n) is 14.5. The number of benzene rings is 1. The minimum atomic E-state index is -0.589. The molecule has 2 aliphatic carbocycles. The standard InChI is InChI=1S/C32H48FN/c1-2-3-4-5-6-9-26-12-14-27(15-13-26)10-7-8-11-28-16-20-30(21-17-28)31-22-18-29(19-23-31)24-32(33)25-34/h12-15,24,28-31H,2-11,16-23H2,1H3. The quantitative estimate of drug-likeness (QED) is 0.210. The first-order chi connectivity index (χ1) is 16.7. The van der Waals surface area contributed by atoms with Crippen LogP contribution in [0.3, 0.4) is 0 Å². The highest BCUT2D eigenvalue weighted by Gasteiger charge is 2.30. The number of hydrogen-bond acceptors (Lipinski definition) is 1. The lowest BCUT2D eigenvalue weighted by molar-refractivity contribution is 0.151. The van der Waals surface area contributed by atoms with Crippen molar-refractivity contribution in [1.82, 2.24) is 0 Å². The first-order valence-corrected chi connectivity index (χ1v) is 14.5. The second kappa shape index (κ2) is 15.4. The third kappa shape index (κ3) is 9.56. The minimum Gasteiger partial charge on any atom is -0.195 e. The van der Waals surface area contributed by atoms with Crippen molar-refractivity contribution in [3.8, 4) is 6.07 Å². The van der Waals surface area contributed by atoms with E-state index in [9.17, 15) is 4.39 Å². The summed E-state index contributed by atoms with van der Waals surface area (Å²) in [5.41, 5.74) is 3.02. The molecule has 0 radical (unpaired) electrons. The Morgan fingerprint density at radius 2 is 1.32 bits per heavy atom. The summed E-state index contributed by atoms with van der Waals surface area (Å²) < 4.78 is 13.2. The average molecular weight is 466 g/mol. The van der Waals surface area contributed by atoms with E-state index in [4.69, 9.17) is 5.26 Å². The maximum Gasteiger partial charge on any atom is 0.196 e. The van der Waals surface area contributed by atoms with Crippen LogP contribution in [-0.2, 0) is 12.8 Å². The van der Waals surface area contributed by atoms with E-state index in [2.05, 4.69) is 31.2 Å². The summed E-state index contributed by atoms with van der Waals surface area (Å²) >= 11 is 0. The predicted molar refractivity (Wildman–Crippen MR) is 142 cm³/mol. The van der Waals surface area contributed by atoms with E-state index < -0.39 is 5.83 Å². The van der Waals surface area contributed by atoms with Gasteiger partial charge in [0, 0.05) is 0 Å². The van der Waals surface area contributed by atoms with E-state index >= 15 is 0 Å². The van der Waals surface area contributed by atoms with Gasteiger partial charge in [0.25, 0.3) is 0 Å². The zero-order valence-corrected chi connectivity index (χ0v) is 21.7. The largest absolute Gasteiger partial charge is 0.196 e. The van der Waals surface area contributed by atoms with Crippen molar-refractivity contribution in [2.24, 2.45) is 23.7 Å². The van der Waals surface area contributed by atoms with Gasteiger partial charge in [-0.2, -0.15) is 9.65 Å². The Morgan fingerprint density at radius 3 is 1.88 bits per heavy atom. The molecule has 0 heterocycles. The molecule has 1 aromatic rings. The smallest absolute Gasteiger partial charge is 0.195 e. The van der Waals surface area contributed by atoms with Crippen LogP contribution in [0.5, 0.6) is 0 Å². The Kier molecular flexibility index (Phi) is 12.2. The summed E-state index contributed by atoms with van der Waals surface area (Å²) in [5, 5.41) is 8.64. The third-order valence-electron chi connectivity index (χ3n) is 8.78. The van der Waals surface area contributed by atoms with Crippen molar-refractivity contribution >= 4 is 0 Å². The first kappa shape index (κ1) is 27.0. The Balaban J connectivity index is 1.24. The second-order valence-electron chi connectivity index (χ2n) is 11.3. The van der Waals surface area contributed by atoms with Crippen LogP contribution in [-0.4, -0.2) is 0 Å². The van der Waals surface area contributed by atoms with E-state index in [0.717, 1.165) is 30.6 Å². The van der Waals surface area contributed by atoms with E-state index in [1.54, 1.807) is 12.1 Å². The van der Waals surface area contributed by atoms with Crippen LogP contribution < -0.4 is 0 Å². The van der Waals surface area contributed by atoms with Gasteiger partial charge in [-0.05, 0) is 105 Å². The number of rotatable bonds is 13. The van der Waals surface area contributed by atoms with Crippen LogP contribution in [0.15, 0.2) is 36.2 Å². The molecular weight excluding hydrogens is 417 g/mol. The molecule has 0 atom stereocenters. The summed E-state index contributed by atoms with van der Waals surface area (Å²) in [7, 11) is 0. The van der Waals surface area contributed by atoms with Crippen molar-refractivity contribution in [3.63, 3.8) is 0 Å². The number of unbranched alkanes of at least 4 members (excludes halogenated alkanes) is 5. The molecule has 0 unspecified atom stereocenters. The van der Waals surface area contributed by atoms with E-state index in [1.165, 1.54) is 114 Å². The zero-order valence-electron chi connectivity index (χ0n) is 21.7. The lowest BCUT2D eigenvalue weighted by atomic mass is 9.68. The molecule has 0 spiro atoms. The van der Waals surface area contributed by atoms with E-state index in [0.29, 0.717) is 5.92 Å². The molecular formula is C32H48FN. The van der Waals surface area contributed by atoms with Gasteiger partial charge >= 0.3 is 0 Å². The Morgan fingerprint density at radius 1 is 0.794 bits per heavy atom. The number of halogens is 1. The summed E-state index contributed by atoms with van der Waals surface area (Å²) in [6.45, 7) is 2.28. The normalized spacial score (nSPS) is 25.7. The third-order valence-corrected chi connectivity index (χ3v) is 8.78. The van der Waals surface area contributed by atoms with Crippen LogP contribution in [0.2, 0.25) is 0 Å². The number of allylic oxidation sites excluding steroid dienone is 2. The monoisotopic (exact) mass is 465 g/mol. The molecule has 2 aliphatic rings. The molecule has 0 aliphatic heterocycles. The van der Waals surface area contributed by atoms with Gasteiger partial charge in [-0.3, -0.25) is 0 Å². The highest BCUT2D eigenvalue weighted by atomic mass is 19.1. The molecule has 34 heavy (non-hydrogen) atoms. The van der Waals surface area contributed by atoms with Crippen LogP contribution >= 0.6 is 0 Å². The zero-order chi connectivity index (χ0) is 24.0. The highest BCUT2D eigenvalue weighted by molar-refractivity contribution is 5.22. The van der Waals surface area contributed by atoms with Gasteiger partial charge < -0.3 is 0 Å². The molecule has 188 valence electrons. The molecule has 2 fully saturated rings. The molecule has 2 heteroatoms. The topological polar surface area (TPSA) is 23.8 Å². The molecule has 1 nitrogen and oxygen atoms in total. The second-order valence-corrected chi connectivity index (χ2v) is 11.3. The van der Waals surface area contributed by atoms with Crippen LogP contribution in [0.4, 0.5) is 4.39 Å². The fourth-order valence-corrected chi connectivity index (χ4v) is 6.54. The molecule has 0 amide bonds. The summed E-state index contributed by atoms with van der Waals surface area (Å²) in [6.07, 6.45) is 25.2. The number of nitrogens with zero attached hydrogens (tertiary/aromatic N) is 1. The molecule has 0 aromatic heterocycles. The summed E-state index contributed by atoms with van der Waals surface area (Å²) in [6, 6.07) is 11.1. The van der Waals surface area contributed by atoms with Crippen LogP contribution in [0.25, 0.3) is 0 Å². The lowest BCUT2D eigenvalue weighted by Gasteiger charge is -2.37. The molecule has 0 saturated heterocycles. The summed E-state index contributed by atoms with van der Waals surface area (Å²) in [5.74, 6) is 2.38. The Labute approximate surface area is 209 Å². The van der Waals surface area contributed by atoms with Gasteiger partial charge in [-0.15, -0.1) is 0 Å². The van der Waals surface area contributed by atoms with Crippen molar-refractivity contribution in [2.45, 2.75) is 122 Å². The van der Waals surface area contributed by atoms with Gasteiger partial charge in [-0.25, -0.2) is 0 Å². The Bertz CT molecular complexity index is 742. The van der Waals surface area contributed by atoms with E-state index in [1.807, 2.05) is 0 Å². The van der Waals surface area contributed by atoms with E-state index in [-0.39, 0.29) is 0 Å².